The van der Waals surface area contributed by atoms with E-state index in [9.17, 15) is 0 Å². The minimum Gasteiger partial charge on any atom is -0.399 e. The lowest BCUT2D eigenvalue weighted by Crippen LogP contribution is -2.02. The number of aliphatic imine (C=N–C) groups is 1. The van der Waals surface area contributed by atoms with Crippen LogP contribution in [0.15, 0.2) is 119 Å². The van der Waals surface area contributed by atoms with Crippen molar-refractivity contribution in [3.63, 3.8) is 0 Å². The Morgan fingerprint density at radius 3 is 1.59 bits per heavy atom. The van der Waals surface area contributed by atoms with Crippen molar-refractivity contribution < 1.29 is 0 Å². The third-order valence-electron chi connectivity index (χ3n) is 4.24. The van der Waals surface area contributed by atoms with Gasteiger partial charge >= 0.3 is 0 Å². The maximum Gasteiger partial charge on any atom is 0.0781 e. The average Bonchev–Trinajstić information content (AvgIpc) is 2.77. The van der Waals surface area contributed by atoms with Gasteiger partial charge < -0.3 is 5.73 Å². The Morgan fingerprint density at radius 2 is 1.14 bits per heavy atom. The maximum absolute atomic E-state index is 5.43. The number of hydrogen-bond donors (Lipinski definition) is 1. The van der Waals surface area contributed by atoms with Crippen molar-refractivity contribution >= 4 is 33.0 Å². The first kappa shape index (κ1) is 20.6. The van der Waals surface area contributed by atoms with Crippen molar-refractivity contribution in [1.29, 1.82) is 0 Å². The zero-order valence-electron chi connectivity index (χ0n) is 16.3. The Labute approximate surface area is 180 Å². The minimum absolute atomic E-state index is 0.829. The zero-order valence-corrected chi connectivity index (χ0v) is 17.9. The molecule has 0 fully saturated rings. The SMILES string of the molecule is Brc1ccc(N=C(c2ccccc2)c2ccccc2)cc1.Cc1ccc(N)cc1. The molecule has 29 heavy (non-hydrogen) atoms. The van der Waals surface area contributed by atoms with Gasteiger partial charge in [0.2, 0.25) is 0 Å². The highest BCUT2D eigenvalue weighted by Gasteiger charge is 2.06. The van der Waals surface area contributed by atoms with Crippen LogP contribution in [0.2, 0.25) is 0 Å². The lowest BCUT2D eigenvalue weighted by molar-refractivity contribution is 1.47. The molecule has 2 N–H and O–H groups in total. The van der Waals surface area contributed by atoms with E-state index in [1.54, 1.807) is 0 Å². The van der Waals surface area contributed by atoms with Gasteiger partial charge in [0.15, 0.2) is 0 Å². The van der Waals surface area contributed by atoms with E-state index >= 15 is 0 Å². The third-order valence-corrected chi connectivity index (χ3v) is 4.77. The number of nitrogens with two attached hydrogens (primary N) is 1. The van der Waals surface area contributed by atoms with E-state index in [1.807, 2.05) is 91.9 Å². The first-order chi connectivity index (χ1) is 14.1. The van der Waals surface area contributed by atoms with E-state index in [0.717, 1.165) is 32.7 Å². The Kier molecular flexibility index (Phi) is 7.37. The van der Waals surface area contributed by atoms with Gasteiger partial charge in [-0.3, -0.25) is 0 Å². The van der Waals surface area contributed by atoms with Crippen LogP contribution < -0.4 is 5.73 Å². The summed E-state index contributed by atoms with van der Waals surface area (Å²) in [7, 11) is 0. The molecule has 2 nitrogen and oxygen atoms in total. The number of hydrogen-bond acceptors (Lipinski definition) is 2. The number of rotatable bonds is 3. The maximum atomic E-state index is 5.43. The number of benzene rings is 4. The topological polar surface area (TPSA) is 38.4 Å². The molecule has 0 aliphatic carbocycles. The standard InChI is InChI=1S/C19H14BrN.C7H9N/c20-17-11-13-18(14-12-17)21-19(15-7-3-1-4-8-15)16-9-5-2-6-10-16;1-6-2-4-7(8)5-3-6/h1-14H;2-5H,8H2,1H3. The van der Waals surface area contributed by atoms with Crippen molar-refractivity contribution in [2.45, 2.75) is 6.92 Å². The van der Waals surface area contributed by atoms with Crippen LogP contribution in [0.5, 0.6) is 0 Å². The third kappa shape index (κ3) is 6.44. The molecule has 144 valence electrons. The van der Waals surface area contributed by atoms with Gasteiger partial charge in [-0.05, 0) is 43.3 Å². The smallest absolute Gasteiger partial charge is 0.0781 e. The molecule has 0 bridgehead atoms. The van der Waals surface area contributed by atoms with Crippen LogP contribution >= 0.6 is 15.9 Å². The van der Waals surface area contributed by atoms with Crippen LogP contribution in [0.25, 0.3) is 0 Å². The number of nitrogen functional groups attached to an aromatic ring is 1. The Bertz CT molecular complexity index is 977. The summed E-state index contributed by atoms with van der Waals surface area (Å²) in [5, 5.41) is 0. The van der Waals surface area contributed by atoms with E-state index in [-0.39, 0.29) is 0 Å². The van der Waals surface area contributed by atoms with Crippen molar-refractivity contribution in [2.75, 3.05) is 5.73 Å². The number of anilines is 1. The van der Waals surface area contributed by atoms with Crippen molar-refractivity contribution in [3.05, 3.63) is 130 Å². The molecule has 0 atom stereocenters. The van der Waals surface area contributed by atoms with Crippen LogP contribution in [0.4, 0.5) is 11.4 Å². The molecule has 0 radical (unpaired) electrons. The summed E-state index contributed by atoms with van der Waals surface area (Å²) in [5.74, 6) is 0. The van der Waals surface area contributed by atoms with Gasteiger partial charge in [0.1, 0.15) is 0 Å². The Balaban J connectivity index is 0.000000252. The van der Waals surface area contributed by atoms with Crippen LogP contribution in [0, 0.1) is 6.92 Å². The summed E-state index contributed by atoms with van der Waals surface area (Å²) in [6.07, 6.45) is 0. The van der Waals surface area contributed by atoms with Crippen LogP contribution in [0.3, 0.4) is 0 Å². The fourth-order valence-corrected chi connectivity index (χ4v) is 2.96. The highest BCUT2D eigenvalue weighted by molar-refractivity contribution is 9.10. The molecule has 0 saturated carbocycles. The van der Waals surface area contributed by atoms with Gasteiger partial charge in [-0.2, -0.15) is 0 Å². The monoisotopic (exact) mass is 442 g/mol. The van der Waals surface area contributed by atoms with E-state index < -0.39 is 0 Å². The van der Waals surface area contributed by atoms with Gasteiger partial charge in [0.25, 0.3) is 0 Å². The first-order valence-corrected chi connectivity index (χ1v) is 10.2. The lowest BCUT2D eigenvalue weighted by Gasteiger charge is -2.07. The van der Waals surface area contributed by atoms with E-state index in [2.05, 4.69) is 40.2 Å². The molecular weight excluding hydrogens is 420 g/mol. The molecule has 4 aromatic carbocycles. The molecule has 0 aliphatic heterocycles. The van der Waals surface area contributed by atoms with Crippen molar-refractivity contribution in [1.82, 2.24) is 0 Å². The fourth-order valence-electron chi connectivity index (χ4n) is 2.70. The summed E-state index contributed by atoms with van der Waals surface area (Å²) in [4.78, 5) is 4.84. The second kappa shape index (κ2) is 10.4. The van der Waals surface area contributed by atoms with Crippen molar-refractivity contribution in [2.24, 2.45) is 4.99 Å². The van der Waals surface area contributed by atoms with Crippen LogP contribution in [0.1, 0.15) is 16.7 Å². The van der Waals surface area contributed by atoms with Crippen molar-refractivity contribution in [3.8, 4) is 0 Å². The molecule has 0 spiro atoms. The molecule has 0 heterocycles. The molecule has 0 aromatic heterocycles. The summed E-state index contributed by atoms with van der Waals surface area (Å²) >= 11 is 3.45. The predicted octanol–water partition coefficient (Wildman–Crippen LogP) is 7.20. The largest absolute Gasteiger partial charge is 0.399 e. The second-order valence-corrected chi connectivity index (χ2v) is 7.50. The normalized spacial score (nSPS) is 9.86. The summed E-state index contributed by atoms with van der Waals surface area (Å²) in [6.45, 7) is 2.04. The Morgan fingerprint density at radius 1 is 0.655 bits per heavy atom. The predicted molar refractivity (Wildman–Crippen MR) is 128 cm³/mol. The van der Waals surface area contributed by atoms with Gasteiger partial charge in [0, 0.05) is 21.3 Å². The molecule has 0 aliphatic rings. The second-order valence-electron chi connectivity index (χ2n) is 6.58. The van der Waals surface area contributed by atoms with Gasteiger partial charge in [-0.1, -0.05) is 94.3 Å². The Hall–Kier alpha value is -3.17. The first-order valence-electron chi connectivity index (χ1n) is 9.39. The molecule has 3 heteroatoms. The molecular formula is C26H23BrN2. The molecule has 0 unspecified atom stereocenters. The van der Waals surface area contributed by atoms with Crippen LogP contribution in [-0.4, -0.2) is 5.71 Å². The van der Waals surface area contributed by atoms with E-state index in [1.165, 1.54) is 5.56 Å². The minimum atomic E-state index is 0.829. The number of nitrogens with zero attached hydrogens (tertiary/aromatic N) is 1. The zero-order chi connectivity index (χ0) is 20.5. The lowest BCUT2D eigenvalue weighted by atomic mass is 10.0. The van der Waals surface area contributed by atoms with Gasteiger partial charge in [-0.25, -0.2) is 4.99 Å². The van der Waals surface area contributed by atoms with E-state index in [0.29, 0.717) is 0 Å². The van der Waals surface area contributed by atoms with E-state index in [4.69, 9.17) is 10.7 Å². The van der Waals surface area contributed by atoms with Crippen LogP contribution in [-0.2, 0) is 0 Å². The summed E-state index contributed by atoms with van der Waals surface area (Å²) in [6, 6.07) is 36.4. The van der Waals surface area contributed by atoms with Gasteiger partial charge in [-0.15, -0.1) is 0 Å². The summed E-state index contributed by atoms with van der Waals surface area (Å²) < 4.78 is 1.06. The van der Waals surface area contributed by atoms with Gasteiger partial charge in [0.05, 0.1) is 11.4 Å². The summed E-state index contributed by atoms with van der Waals surface area (Å²) in [5.41, 5.74) is 11.7. The highest BCUT2D eigenvalue weighted by atomic mass is 79.9. The number of aryl methyl sites for hydroxylation is 1. The molecule has 0 saturated heterocycles. The molecule has 0 amide bonds. The quantitative estimate of drug-likeness (QED) is 0.264. The highest BCUT2D eigenvalue weighted by Crippen LogP contribution is 2.20. The average molecular weight is 443 g/mol. The molecule has 4 aromatic rings. The molecule has 4 rings (SSSR count). The number of halogens is 1. The fraction of sp³-hybridized carbons (Fsp3) is 0.0385.